The Morgan fingerprint density at radius 1 is 0.370 bits per heavy atom. The molecule has 0 fully saturated rings. The van der Waals surface area contributed by atoms with Gasteiger partial charge in [0.2, 0.25) is 11.8 Å². The molecule has 0 radical (unpaired) electrons. The fraction of sp³-hybridized carbons (Fsp3) is 0.469. The third-order valence-corrected chi connectivity index (χ3v) is 7.90. The molecule has 0 saturated carbocycles. The molecule has 0 atom stereocenters. The Morgan fingerprint density at radius 2 is 0.593 bits per heavy atom. The summed E-state index contributed by atoms with van der Waals surface area (Å²) in [4.78, 5) is 26.4. The fourth-order valence-corrected chi connectivity index (χ4v) is 4.77. The predicted molar refractivity (Wildman–Crippen MR) is 238 cm³/mol. The van der Waals surface area contributed by atoms with E-state index in [9.17, 15) is 9.59 Å². The van der Waals surface area contributed by atoms with Crippen LogP contribution < -0.4 is 10.6 Å². The summed E-state index contributed by atoms with van der Waals surface area (Å²) in [5, 5.41) is 5.99. The summed E-state index contributed by atoms with van der Waals surface area (Å²) in [6.45, 7) is 7.02. The van der Waals surface area contributed by atoms with Gasteiger partial charge in [0.05, 0.1) is 0 Å². The molecule has 0 aliphatic heterocycles. The minimum absolute atomic E-state index is 0.0747. The van der Waals surface area contributed by atoms with Gasteiger partial charge in [0.25, 0.3) is 0 Å². The zero-order chi connectivity index (χ0) is 39.3. The van der Waals surface area contributed by atoms with Gasteiger partial charge in [0, 0.05) is 39.0 Å². The fourth-order valence-electron chi connectivity index (χ4n) is 4.77. The summed E-state index contributed by atoms with van der Waals surface area (Å²) in [5.41, 5.74) is 0. The molecule has 0 bridgehead atoms. The van der Waals surface area contributed by atoms with Gasteiger partial charge in [-0.1, -0.05) is 160 Å². The monoisotopic (exact) mass is 738 g/mol. The molecule has 0 heterocycles. The molecule has 298 valence electrons. The van der Waals surface area contributed by atoms with Crippen LogP contribution in [0.3, 0.4) is 0 Å². The lowest BCUT2D eigenvalue weighted by molar-refractivity contribution is -0.121. The van der Waals surface area contributed by atoms with Crippen LogP contribution in [0.15, 0.2) is 146 Å². The number of hydrogen-bond acceptors (Lipinski definition) is 3. The zero-order valence-corrected chi connectivity index (χ0v) is 34.3. The van der Waals surface area contributed by atoms with E-state index in [1.54, 1.807) is 0 Å². The van der Waals surface area contributed by atoms with Gasteiger partial charge in [-0.05, 0) is 96.9 Å². The van der Waals surface area contributed by atoms with Crippen molar-refractivity contribution in [2.45, 2.75) is 117 Å². The Hall–Kier alpha value is -4.22. The van der Waals surface area contributed by atoms with Crippen molar-refractivity contribution in [3.63, 3.8) is 0 Å². The van der Waals surface area contributed by atoms with Crippen molar-refractivity contribution in [2.24, 2.45) is 0 Å². The third-order valence-electron chi connectivity index (χ3n) is 7.90. The quantitative estimate of drug-likeness (QED) is 0.0647. The third kappa shape index (κ3) is 42.2. The lowest BCUT2D eigenvalue weighted by atomic mass is 10.2. The van der Waals surface area contributed by atoms with Crippen LogP contribution in [0.2, 0.25) is 0 Å². The summed E-state index contributed by atoms with van der Waals surface area (Å²) >= 11 is 0. The Labute approximate surface area is 331 Å². The van der Waals surface area contributed by atoms with Gasteiger partial charge in [0.1, 0.15) is 0 Å². The van der Waals surface area contributed by atoms with Crippen molar-refractivity contribution in [3.05, 3.63) is 146 Å². The second-order valence-electron chi connectivity index (χ2n) is 12.9. The van der Waals surface area contributed by atoms with Crippen molar-refractivity contribution in [1.82, 2.24) is 15.5 Å². The van der Waals surface area contributed by atoms with Gasteiger partial charge in [-0.3, -0.25) is 9.59 Å². The first-order chi connectivity index (χ1) is 26.6. The summed E-state index contributed by atoms with van der Waals surface area (Å²) in [7, 11) is 2.01. The maximum Gasteiger partial charge on any atom is 0.220 e. The van der Waals surface area contributed by atoms with Crippen molar-refractivity contribution < 1.29 is 9.59 Å². The van der Waals surface area contributed by atoms with Gasteiger partial charge in [-0.25, -0.2) is 0 Å². The van der Waals surface area contributed by atoms with Crippen LogP contribution in [0.25, 0.3) is 0 Å². The molecule has 0 rings (SSSR count). The number of amides is 2. The van der Waals surface area contributed by atoms with Gasteiger partial charge in [-0.2, -0.15) is 0 Å². The lowest BCUT2D eigenvalue weighted by Crippen LogP contribution is -2.37. The Morgan fingerprint density at radius 3 is 0.833 bits per heavy atom. The van der Waals surface area contributed by atoms with Crippen molar-refractivity contribution in [3.8, 4) is 0 Å². The Balaban J connectivity index is 3.70. The molecule has 2 amide bonds. The molecule has 0 saturated heterocycles. The Bertz CT molecular complexity index is 1160. The smallest absolute Gasteiger partial charge is 0.220 e. The van der Waals surface area contributed by atoms with Gasteiger partial charge in [-0.15, -0.1) is 0 Å². The molecule has 0 aromatic heterocycles. The number of likely N-dealkylation sites (N-methyl/N-ethyl adjacent to an activating group) is 1. The van der Waals surface area contributed by atoms with E-state index in [0.29, 0.717) is 25.9 Å². The van der Waals surface area contributed by atoms with E-state index in [4.69, 9.17) is 0 Å². The summed E-state index contributed by atoms with van der Waals surface area (Å²) in [6.07, 6.45) is 66.8. The molecular weight excluding hydrogens is 663 g/mol. The van der Waals surface area contributed by atoms with Crippen LogP contribution in [-0.4, -0.2) is 49.9 Å². The normalized spacial score (nSPS) is 13.3. The van der Waals surface area contributed by atoms with Crippen molar-refractivity contribution in [1.29, 1.82) is 0 Å². The minimum atomic E-state index is 0.0747. The number of nitrogens with one attached hydrogen (secondary N) is 2. The molecule has 5 nitrogen and oxygen atoms in total. The summed E-state index contributed by atoms with van der Waals surface area (Å²) < 4.78 is 0. The van der Waals surface area contributed by atoms with Gasteiger partial charge in [0.15, 0.2) is 0 Å². The lowest BCUT2D eigenvalue weighted by Gasteiger charge is -2.17. The molecule has 0 spiro atoms. The molecule has 0 aliphatic rings. The SMILES string of the molecule is CC/C=C\C/C=C\C/C=C\C/C=C\C/C=C\C/C=C\CCC(=O)NCCN(C)CCNC(=O)CC/C=C\C/C=C\C/C=C\C/C=C\C/C=C\C/C=C\CC. The average molecular weight is 738 g/mol. The van der Waals surface area contributed by atoms with E-state index in [1.807, 2.05) is 7.05 Å². The standard InChI is InChI=1S/C49H75N3O2/c1-4-6-8-10-12-14-16-18-20-22-24-26-28-30-32-34-36-38-40-42-48(53)50-44-46-52(3)47-45-51-49(54)43-41-39-37-35-33-31-29-27-25-23-21-19-17-15-13-11-9-7-5-2/h6-9,12-15,18-21,24-27,30-33,36-39H,4-5,10-11,16-17,22-23,28-29,34-35,40-47H2,1-3H3,(H,50,53)(H,51,54)/b8-6-,9-7-,14-12-,15-13-,20-18-,21-19-,26-24-,27-25-,32-30-,33-31-,38-36-,39-37-. The van der Waals surface area contributed by atoms with Crippen molar-refractivity contribution in [2.75, 3.05) is 33.2 Å². The maximum absolute atomic E-state index is 12.1. The zero-order valence-electron chi connectivity index (χ0n) is 34.3. The van der Waals surface area contributed by atoms with Crippen LogP contribution in [0.4, 0.5) is 0 Å². The van der Waals surface area contributed by atoms with Gasteiger partial charge >= 0.3 is 0 Å². The van der Waals surface area contributed by atoms with Crippen LogP contribution in [-0.2, 0) is 9.59 Å². The number of hydrogen-bond donors (Lipinski definition) is 2. The molecule has 5 heteroatoms. The van der Waals surface area contributed by atoms with E-state index in [-0.39, 0.29) is 11.8 Å². The van der Waals surface area contributed by atoms with E-state index in [2.05, 4.69) is 175 Å². The van der Waals surface area contributed by atoms with Gasteiger partial charge < -0.3 is 15.5 Å². The highest BCUT2D eigenvalue weighted by Crippen LogP contribution is 2.00. The van der Waals surface area contributed by atoms with E-state index in [1.165, 1.54) is 0 Å². The second-order valence-corrected chi connectivity index (χ2v) is 12.9. The molecule has 0 aromatic carbocycles. The highest BCUT2D eigenvalue weighted by atomic mass is 16.2. The van der Waals surface area contributed by atoms with Crippen LogP contribution >= 0.6 is 0 Å². The summed E-state index contributed by atoms with van der Waals surface area (Å²) in [6, 6.07) is 0. The molecule has 0 aromatic rings. The first-order valence-electron chi connectivity index (χ1n) is 20.6. The van der Waals surface area contributed by atoms with E-state index >= 15 is 0 Å². The highest BCUT2D eigenvalue weighted by Gasteiger charge is 2.03. The number of allylic oxidation sites excluding steroid dienone is 24. The van der Waals surface area contributed by atoms with E-state index < -0.39 is 0 Å². The number of rotatable bonds is 34. The van der Waals surface area contributed by atoms with E-state index in [0.717, 1.165) is 103 Å². The van der Waals surface area contributed by atoms with Crippen LogP contribution in [0.5, 0.6) is 0 Å². The minimum Gasteiger partial charge on any atom is -0.355 e. The maximum atomic E-state index is 12.1. The van der Waals surface area contributed by atoms with Crippen LogP contribution in [0.1, 0.15) is 117 Å². The van der Waals surface area contributed by atoms with Crippen LogP contribution in [0, 0.1) is 0 Å². The first kappa shape index (κ1) is 49.8. The molecule has 2 N–H and O–H groups in total. The topological polar surface area (TPSA) is 61.4 Å². The number of carbonyl (C=O) groups is 2. The highest BCUT2D eigenvalue weighted by molar-refractivity contribution is 5.76. The largest absolute Gasteiger partial charge is 0.355 e. The summed E-state index contributed by atoms with van der Waals surface area (Å²) in [5.74, 6) is 0.149. The first-order valence-corrected chi connectivity index (χ1v) is 20.6. The average Bonchev–Trinajstić information content (AvgIpc) is 3.16. The predicted octanol–water partition coefficient (Wildman–Crippen LogP) is 12.1. The second kappa shape index (κ2) is 43.2. The number of nitrogens with zero attached hydrogens (tertiary/aromatic N) is 1. The van der Waals surface area contributed by atoms with Crippen molar-refractivity contribution >= 4 is 11.8 Å². The molecule has 0 unspecified atom stereocenters. The molecular formula is C49H75N3O2. The Kier molecular flexibility index (Phi) is 39.8. The number of carbonyl (C=O) groups excluding carboxylic acids is 2. The molecule has 54 heavy (non-hydrogen) atoms. The molecule has 0 aliphatic carbocycles.